The van der Waals surface area contributed by atoms with Crippen LogP contribution in [0.5, 0.6) is 0 Å². The molecule has 1 heterocycles. The van der Waals surface area contributed by atoms with Crippen LogP contribution in [0.25, 0.3) is 0 Å². The van der Waals surface area contributed by atoms with Crippen molar-refractivity contribution in [3.63, 3.8) is 0 Å². The molecule has 1 aliphatic heterocycles. The highest BCUT2D eigenvalue weighted by Crippen LogP contribution is 2.20. The van der Waals surface area contributed by atoms with Gasteiger partial charge in [-0.15, -0.1) is 0 Å². The minimum atomic E-state index is 0.888. The van der Waals surface area contributed by atoms with Crippen molar-refractivity contribution in [2.75, 3.05) is 19.6 Å². The molecule has 0 aliphatic carbocycles. The van der Waals surface area contributed by atoms with Crippen molar-refractivity contribution < 1.29 is 0 Å². The Kier molecular flexibility index (Phi) is 3.79. The maximum absolute atomic E-state index is 2.60. The normalized spacial score (nSPS) is 22.1. The van der Waals surface area contributed by atoms with Crippen LogP contribution in [0.1, 0.15) is 25.3 Å². The van der Waals surface area contributed by atoms with E-state index in [4.69, 9.17) is 0 Å². The summed E-state index contributed by atoms with van der Waals surface area (Å²) in [7, 11) is 0. The average Bonchev–Trinajstić information content (AvgIpc) is 2.68. The van der Waals surface area contributed by atoms with Crippen molar-refractivity contribution in [2.45, 2.75) is 26.2 Å². The summed E-state index contributed by atoms with van der Waals surface area (Å²) in [6.45, 7) is 6.17. The van der Waals surface area contributed by atoms with Gasteiger partial charge in [-0.2, -0.15) is 0 Å². The maximum Gasteiger partial charge on any atom is 0.00133 e. The Balaban J connectivity index is 1.82. The molecule has 0 bridgehead atoms. The van der Waals surface area contributed by atoms with E-state index >= 15 is 0 Å². The summed E-state index contributed by atoms with van der Waals surface area (Å²) >= 11 is 0. The highest BCUT2D eigenvalue weighted by Gasteiger charge is 2.21. The van der Waals surface area contributed by atoms with Gasteiger partial charge in [0.15, 0.2) is 0 Å². The second-order valence-electron chi connectivity index (χ2n) is 4.65. The van der Waals surface area contributed by atoms with Crippen LogP contribution in [0.3, 0.4) is 0 Å². The van der Waals surface area contributed by atoms with Crippen LogP contribution in [0.2, 0.25) is 0 Å². The fraction of sp³-hybridized carbons (Fsp3) is 0.571. The summed E-state index contributed by atoms with van der Waals surface area (Å²) < 4.78 is 0. The zero-order valence-electron chi connectivity index (χ0n) is 9.65. The lowest BCUT2D eigenvalue weighted by atomic mass is 9.99. The Labute approximate surface area is 93.1 Å². The van der Waals surface area contributed by atoms with E-state index in [0.29, 0.717) is 0 Å². The minimum Gasteiger partial charge on any atom is -0.303 e. The molecule has 1 saturated heterocycles. The fourth-order valence-corrected chi connectivity index (χ4v) is 2.55. The summed E-state index contributed by atoms with van der Waals surface area (Å²) in [6, 6.07) is 10.9. The van der Waals surface area contributed by atoms with Crippen molar-refractivity contribution >= 4 is 0 Å². The van der Waals surface area contributed by atoms with Gasteiger partial charge in [0, 0.05) is 6.54 Å². The van der Waals surface area contributed by atoms with Crippen molar-refractivity contribution in [3.8, 4) is 0 Å². The summed E-state index contributed by atoms with van der Waals surface area (Å²) in [5, 5.41) is 0. The predicted molar refractivity (Wildman–Crippen MR) is 65.0 cm³/mol. The Bertz CT molecular complexity index is 281. The predicted octanol–water partition coefficient (Wildman–Crippen LogP) is 2.96. The monoisotopic (exact) mass is 203 g/mol. The van der Waals surface area contributed by atoms with Crippen molar-refractivity contribution in [1.82, 2.24) is 4.90 Å². The zero-order chi connectivity index (χ0) is 10.5. The Morgan fingerprint density at radius 1 is 1.27 bits per heavy atom. The topological polar surface area (TPSA) is 3.24 Å². The number of rotatable bonds is 4. The first kappa shape index (κ1) is 10.7. The molecule has 82 valence electrons. The lowest BCUT2D eigenvalue weighted by molar-refractivity contribution is 0.324. The summed E-state index contributed by atoms with van der Waals surface area (Å²) in [6.07, 6.45) is 3.94. The molecule has 0 spiro atoms. The highest BCUT2D eigenvalue weighted by atomic mass is 15.1. The Morgan fingerprint density at radius 3 is 2.80 bits per heavy atom. The average molecular weight is 203 g/mol. The second kappa shape index (κ2) is 5.32. The largest absolute Gasteiger partial charge is 0.303 e. The third-order valence-electron chi connectivity index (χ3n) is 3.28. The molecule has 1 aliphatic rings. The molecule has 0 aromatic heterocycles. The highest BCUT2D eigenvalue weighted by molar-refractivity contribution is 5.15. The molecule has 0 N–H and O–H groups in total. The molecule has 0 saturated carbocycles. The van der Waals surface area contributed by atoms with Gasteiger partial charge in [0.1, 0.15) is 0 Å². The van der Waals surface area contributed by atoms with E-state index in [1.165, 1.54) is 44.5 Å². The number of likely N-dealkylation sites (tertiary alicyclic amines) is 1. The van der Waals surface area contributed by atoms with Gasteiger partial charge in [-0.3, -0.25) is 0 Å². The van der Waals surface area contributed by atoms with E-state index in [2.05, 4.69) is 42.2 Å². The number of nitrogens with zero attached hydrogens (tertiary/aromatic N) is 1. The van der Waals surface area contributed by atoms with Gasteiger partial charge in [-0.25, -0.2) is 0 Å². The van der Waals surface area contributed by atoms with Crippen LogP contribution < -0.4 is 0 Å². The number of hydrogen-bond donors (Lipinski definition) is 0. The zero-order valence-corrected chi connectivity index (χ0v) is 9.65. The van der Waals surface area contributed by atoms with Gasteiger partial charge in [-0.1, -0.05) is 37.3 Å². The third-order valence-corrected chi connectivity index (χ3v) is 3.28. The van der Waals surface area contributed by atoms with E-state index < -0.39 is 0 Å². The van der Waals surface area contributed by atoms with Crippen molar-refractivity contribution in [3.05, 3.63) is 35.9 Å². The van der Waals surface area contributed by atoms with E-state index in [1.54, 1.807) is 0 Å². The van der Waals surface area contributed by atoms with Crippen molar-refractivity contribution in [2.24, 2.45) is 5.92 Å². The summed E-state index contributed by atoms with van der Waals surface area (Å²) in [4.78, 5) is 2.60. The van der Waals surface area contributed by atoms with Gasteiger partial charge in [-0.05, 0) is 43.8 Å². The summed E-state index contributed by atoms with van der Waals surface area (Å²) in [5.41, 5.74) is 1.50. The quantitative estimate of drug-likeness (QED) is 0.727. The van der Waals surface area contributed by atoms with E-state index in [0.717, 1.165) is 5.92 Å². The first-order chi connectivity index (χ1) is 7.38. The molecule has 0 radical (unpaired) electrons. The lowest BCUT2D eigenvalue weighted by Gasteiger charge is -2.14. The molecule has 2 rings (SSSR count). The smallest absolute Gasteiger partial charge is 0.00133 e. The first-order valence-corrected chi connectivity index (χ1v) is 6.14. The van der Waals surface area contributed by atoms with E-state index in [9.17, 15) is 0 Å². The molecule has 15 heavy (non-hydrogen) atoms. The van der Waals surface area contributed by atoms with E-state index in [1.807, 2.05) is 0 Å². The maximum atomic E-state index is 2.60. The van der Waals surface area contributed by atoms with Crippen LogP contribution in [-0.2, 0) is 6.42 Å². The SMILES string of the molecule is CCCN1CCC(Cc2ccccc2)C1. The second-order valence-corrected chi connectivity index (χ2v) is 4.65. The van der Waals surface area contributed by atoms with Crippen LogP contribution in [-0.4, -0.2) is 24.5 Å². The Hall–Kier alpha value is -0.820. The minimum absolute atomic E-state index is 0.888. The van der Waals surface area contributed by atoms with Gasteiger partial charge in [0.05, 0.1) is 0 Å². The molecule has 1 fully saturated rings. The number of benzene rings is 1. The molecule has 1 aromatic carbocycles. The van der Waals surface area contributed by atoms with Gasteiger partial charge in [0.2, 0.25) is 0 Å². The first-order valence-electron chi connectivity index (χ1n) is 6.14. The molecule has 1 nitrogen and oxygen atoms in total. The van der Waals surface area contributed by atoms with E-state index in [-0.39, 0.29) is 0 Å². The van der Waals surface area contributed by atoms with Crippen molar-refractivity contribution in [1.29, 1.82) is 0 Å². The molecule has 1 unspecified atom stereocenters. The van der Waals surface area contributed by atoms with Gasteiger partial charge >= 0.3 is 0 Å². The number of hydrogen-bond acceptors (Lipinski definition) is 1. The molecule has 0 amide bonds. The fourth-order valence-electron chi connectivity index (χ4n) is 2.55. The van der Waals surface area contributed by atoms with Crippen LogP contribution in [0, 0.1) is 5.92 Å². The molecule has 1 aromatic rings. The molecular formula is C14H21N. The standard InChI is InChI=1S/C14H21N/c1-2-9-15-10-8-14(12-15)11-13-6-4-3-5-7-13/h3-7,14H,2,8-12H2,1H3. The third kappa shape index (κ3) is 3.07. The lowest BCUT2D eigenvalue weighted by Crippen LogP contribution is -2.21. The molecule has 1 heteroatoms. The van der Waals surface area contributed by atoms with Gasteiger partial charge in [0.25, 0.3) is 0 Å². The van der Waals surface area contributed by atoms with Crippen LogP contribution in [0.4, 0.5) is 0 Å². The van der Waals surface area contributed by atoms with Crippen LogP contribution >= 0.6 is 0 Å². The van der Waals surface area contributed by atoms with Gasteiger partial charge < -0.3 is 4.90 Å². The Morgan fingerprint density at radius 2 is 2.07 bits per heavy atom. The molecular weight excluding hydrogens is 182 g/mol. The molecule has 1 atom stereocenters. The summed E-state index contributed by atoms with van der Waals surface area (Å²) in [5.74, 6) is 0.888. The van der Waals surface area contributed by atoms with Crippen LogP contribution in [0.15, 0.2) is 30.3 Å².